The molecule has 2 rings (SSSR count). The summed E-state index contributed by atoms with van der Waals surface area (Å²) in [5.74, 6) is 0. The number of hydrogen-bond acceptors (Lipinski definition) is 1. The van der Waals surface area contributed by atoms with Gasteiger partial charge in [0.15, 0.2) is 0 Å². The normalized spacial score (nSPS) is 21.2. The van der Waals surface area contributed by atoms with Gasteiger partial charge in [-0.05, 0) is 43.5 Å². The first-order valence-corrected chi connectivity index (χ1v) is 8.32. The Balaban J connectivity index is 2.03. The summed E-state index contributed by atoms with van der Waals surface area (Å²) >= 11 is 15.6. The Morgan fingerprint density at radius 2 is 2.06 bits per heavy atom. The van der Waals surface area contributed by atoms with E-state index in [0.29, 0.717) is 16.1 Å². The van der Waals surface area contributed by atoms with Crippen molar-refractivity contribution in [3.63, 3.8) is 0 Å². The van der Waals surface area contributed by atoms with Gasteiger partial charge in [0, 0.05) is 17.9 Å². The van der Waals surface area contributed by atoms with Gasteiger partial charge >= 0.3 is 0 Å². The molecule has 1 aliphatic heterocycles. The van der Waals surface area contributed by atoms with E-state index in [2.05, 4.69) is 26.9 Å². The number of rotatable bonds is 4. The molecule has 0 N–H and O–H groups in total. The van der Waals surface area contributed by atoms with Crippen LogP contribution in [0.4, 0.5) is 0 Å². The zero-order valence-electron chi connectivity index (χ0n) is 10.3. The van der Waals surface area contributed by atoms with Gasteiger partial charge in [-0.3, -0.25) is 4.90 Å². The molecule has 1 aliphatic rings. The van der Waals surface area contributed by atoms with Crippen LogP contribution < -0.4 is 0 Å². The summed E-state index contributed by atoms with van der Waals surface area (Å²) in [6, 6.07) is 6.66. The molecule has 1 atom stereocenters. The smallest absolute Gasteiger partial charge is 0.0595 e. The minimum atomic E-state index is 0.635. The fourth-order valence-corrected chi connectivity index (χ4v) is 3.44. The highest BCUT2D eigenvalue weighted by atomic mass is 79.9. The van der Waals surface area contributed by atoms with Gasteiger partial charge in [0.1, 0.15) is 0 Å². The Labute approximate surface area is 128 Å². The molecule has 0 amide bonds. The van der Waals surface area contributed by atoms with E-state index in [1.807, 2.05) is 12.1 Å². The van der Waals surface area contributed by atoms with Gasteiger partial charge in [0.05, 0.1) is 10.0 Å². The maximum Gasteiger partial charge on any atom is 0.0595 e. The third-order valence-corrected chi connectivity index (χ3v) is 4.76. The first kappa shape index (κ1) is 14.6. The summed E-state index contributed by atoms with van der Waals surface area (Å²) in [5.41, 5.74) is 1.26. The van der Waals surface area contributed by atoms with Gasteiger partial charge in [-0.1, -0.05) is 51.6 Å². The Morgan fingerprint density at radius 3 is 2.78 bits per heavy atom. The second kappa shape index (κ2) is 7.14. The molecule has 0 spiro atoms. The molecular weight excluding hydrogens is 333 g/mol. The van der Waals surface area contributed by atoms with E-state index < -0.39 is 0 Å². The van der Waals surface area contributed by atoms with Crippen molar-refractivity contribution in [3.05, 3.63) is 33.8 Å². The fourth-order valence-electron chi connectivity index (χ4n) is 2.59. The molecule has 1 fully saturated rings. The number of piperidine rings is 1. The number of benzene rings is 1. The molecule has 0 saturated carbocycles. The standard InChI is InChI=1S/C14H18BrCl2N/c15-7-6-12-3-1-2-8-18(12)10-11-4-5-13(16)14(17)9-11/h4-5,9,12H,1-3,6-8,10H2. The first-order valence-electron chi connectivity index (χ1n) is 6.44. The van der Waals surface area contributed by atoms with E-state index in [1.54, 1.807) is 0 Å². The van der Waals surface area contributed by atoms with Crippen molar-refractivity contribution in [1.29, 1.82) is 0 Å². The summed E-state index contributed by atoms with van der Waals surface area (Å²) in [6.07, 6.45) is 5.20. The van der Waals surface area contributed by atoms with Gasteiger partial charge in [-0.25, -0.2) is 0 Å². The van der Waals surface area contributed by atoms with Gasteiger partial charge in [-0.2, -0.15) is 0 Å². The average molecular weight is 351 g/mol. The van der Waals surface area contributed by atoms with Crippen molar-refractivity contribution in [1.82, 2.24) is 4.90 Å². The van der Waals surface area contributed by atoms with Gasteiger partial charge in [0.2, 0.25) is 0 Å². The highest BCUT2D eigenvalue weighted by molar-refractivity contribution is 9.09. The predicted molar refractivity (Wildman–Crippen MR) is 82.9 cm³/mol. The second-order valence-corrected chi connectivity index (χ2v) is 6.45. The summed E-state index contributed by atoms with van der Waals surface area (Å²) in [5, 5.41) is 2.37. The SMILES string of the molecule is Clc1ccc(CN2CCCCC2CCBr)cc1Cl. The van der Waals surface area contributed by atoms with Crippen molar-refractivity contribution in [2.24, 2.45) is 0 Å². The lowest BCUT2D eigenvalue weighted by molar-refractivity contribution is 0.137. The molecule has 0 radical (unpaired) electrons. The molecule has 1 saturated heterocycles. The third-order valence-electron chi connectivity index (χ3n) is 3.56. The van der Waals surface area contributed by atoms with Crippen LogP contribution in [0.3, 0.4) is 0 Å². The van der Waals surface area contributed by atoms with Crippen LogP contribution in [0.1, 0.15) is 31.2 Å². The quantitative estimate of drug-likeness (QED) is 0.680. The summed E-state index contributed by atoms with van der Waals surface area (Å²) < 4.78 is 0. The van der Waals surface area contributed by atoms with E-state index in [-0.39, 0.29) is 0 Å². The van der Waals surface area contributed by atoms with Crippen LogP contribution in [0.15, 0.2) is 18.2 Å². The van der Waals surface area contributed by atoms with Gasteiger partial charge in [0.25, 0.3) is 0 Å². The van der Waals surface area contributed by atoms with E-state index in [9.17, 15) is 0 Å². The molecule has 100 valence electrons. The number of nitrogens with zero attached hydrogens (tertiary/aromatic N) is 1. The van der Waals surface area contributed by atoms with Crippen LogP contribution in [0.5, 0.6) is 0 Å². The maximum atomic E-state index is 6.07. The number of halogens is 3. The molecule has 0 aromatic heterocycles. The largest absolute Gasteiger partial charge is 0.296 e. The minimum absolute atomic E-state index is 0.635. The fraction of sp³-hybridized carbons (Fsp3) is 0.571. The summed E-state index contributed by atoms with van der Waals surface area (Å²) in [4.78, 5) is 2.57. The van der Waals surface area contributed by atoms with E-state index in [4.69, 9.17) is 23.2 Å². The molecule has 1 aromatic carbocycles. The van der Waals surface area contributed by atoms with Crippen molar-refractivity contribution in [2.75, 3.05) is 11.9 Å². The number of hydrogen-bond donors (Lipinski definition) is 0. The number of alkyl halides is 1. The van der Waals surface area contributed by atoms with Crippen molar-refractivity contribution < 1.29 is 0 Å². The molecule has 18 heavy (non-hydrogen) atoms. The Bertz CT molecular complexity index is 395. The van der Waals surface area contributed by atoms with Crippen LogP contribution >= 0.6 is 39.1 Å². The molecule has 4 heteroatoms. The topological polar surface area (TPSA) is 3.24 Å². The van der Waals surface area contributed by atoms with Crippen LogP contribution in [-0.4, -0.2) is 22.8 Å². The highest BCUT2D eigenvalue weighted by Gasteiger charge is 2.21. The lowest BCUT2D eigenvalue weighted by Gasteiger charge is -2.35. The molecule has 0 aliphatic carbocycles. The Hall–Kier alpha value is 0.240. The van der Waals surface area contributed by atoms with Crippen LogP contribution in [-0.2, 0) is 6.54 Å². The van der Waals surface area contributed by atoms with Crippen LogP contribution in [0.25, 0.3) is 0 Å². The predicted octanol–water partition coefficient (Wildman–Crippen LogP) is 5.13. The highest BCUT2D eigenvalue weighted by Crippen LogP contribution is 2.26. The Kier molecular flexibility index (Phi) is 5.81. The zero-order chi connectivity index (χ0) is 13.0. The zero-order valence-corrected chi connectivity index (χ0v) is 13.4. The van der Waals surface area contributed by atoms with Crippen LogP contribution in [0.2, 0.25) is 10.0 Å². The van der Waals surface area contributed by atoms with E-state index >= 15 is 0 Å². The molecule has 1 aromatic rings. The first-order chi connectivity index (χ1) is 8.70. The van der Waals surface area contributed by atoms with Crippen molar-refractivity contribution in [3.8, 4) is 0 Å². The van der Waals surface area contributed by atoms with Crippen molar-refractivity contribution in [2.45, 2.75) is 38.3 Å². The van der Waals surface area contributed by atoms with Crippen molar-refractivity contribution >= 4 is 39.1 Å². The molecule has 0 bridgehead atoms. The summed E-state index contributed by atoms with van der Waals surface area (Å²) in [7, 11) is 0. The van der Waals surface area contributed by atoms with Gasteiger partial charge in [-0.15, -0.1) is 0 Å². The van der Waals surface area contributed by atoms with E-state index in [0.717, 1.165) is 11.9 Å². The molecular formula is C14H18BrCl2N. The monoisotopic (exact) mass is 349 g/mol. The van der Waals surface area contributed by atoms with Gasteiger partial charge < -0.3 is 0 Å². The Morgan fingerprint density at radius 1 is 1.22 bits per heavy atom. The number of likely N-dealkylation sites (tertiary alicyclic amines) is 1. The average Bonchev–Trinajstić information content (AvgIpc) is 2.37. The lowest BCUT2D eigenvalue weighted by Crippen LogP contribution is -2.39. The second-order valence-electron chi connectivity index (χ2n) is 4.85. The summed E-state index contributed by atoms with van der Waals surface area (Å²) in [6.45, 7) is 2.17. The lowest BCUT2D eigenvalue weighted by atomic mass is 9.99. The molecule has 1 unspecified atom stereocenters. The molecule has 1 heterocycles. The maximum absolute atomic E-state index is 6.07. The molecule has 1 nitrogen and oxygen atoms in total. The van der Waals surface area contributed by atoms with E-state index in [1.165, 1.54) is 37.8 Å². The minimum Gasteiger partial charge on any atom is -0.296 e. The third kappa shape index (κ3) is 3.86. The van der Waals surface area contributed by atoms with Crippen LogP contribution in [0, 0.1) is 0 Å².